The SMILES string of the molecule is C[C@@H]1CCC[C@H](C)N1CCCC1CCNCC1. The Morgan fingerprint density at radius 2 is 1.65 bits per heavy atom. The minimum absolute atomic E-state index is 0.826. The first-order valence-electron chi connectivity index (χ1n) is 7.74. The number of piperidine rings is 2. The number of likely N-dealkylation sites (tertiary alicyclic amines) is 1. The fourth-order valence-electron chi connectivity index (χ4n) is 3.65. The summed E-state index contributed by atoms with van der Waals surface area (Å²) < 4.78 is 0. The Kier molecular flexibility index (Phi) is 5.30. The van der Waals surface area contributed by atoms with Crippen LogP contribution in [-0.4, -0.2) is 36.6 Å². The van der Waals surface area contributed by atoms with Crippen molar-refractivity contribution in [3.8, 4) is 0 Å². The molecule has 2 rings (SSSR count). The molecule has 0 bridgehead atoms. The Hall–Kier alpha value is -0.0800. The zero-order valence-electron chi connectivity index (χ0n) is 11.8. The van der Waals surface area contributed by atoms with E-state index in [9.17, 15) is 0 Å². The highest BCUT2D eigenvalue weighted by molar-refractivity contribution is 4.79. The van der Waals surface area contributed by atoms with E-state index in [4.69, 9.17) is 0 Å². The van der Waals surface area contributed by atoms with Crippen LogP contribution in [0.3, 0.4) is 0 Å². The van der Waals surface area contributed by atoms with Crippen LogP contribution in [0, 0.1) is 5.92 Å². The number of rotatable bonds is 4. The lowest BCUT2D eigenvalue weighted by atomic mass is 9.92. The van der Waals surface area contributed by atoms with E-state index in [1.807, 2.05) is 0 Å². The van der Waals surface area contributed by atoms with Crippen molar-refractivity contribution in [3.05, 3.63) is 0 Å². The lowest BCUT2D eigenvalue weighted by Gasteiger charge is -2.39. The molecule has 1 N–H and O–H groups in total. The molecule has 100 valence electrons. The average Bonchev–Trinajstić information content (AvgIpc) is 2.34. The molecule has 0 saturated carbocycles. The van der Waals surface area contributed by atoms with E-state index >= 15 is 0 Å². The van der Waals surface area contributed by atoms with Gasteiger partial charge in [0.25, 0.3) is 0 Å². The standard InChI is InChI=1S/C15H30N2/c1-13-5-3-6-14(2)17(13)12-4-7-15-8-10-16-11-9-15/h13-16H,3-12H2,1-2H3/t13-,14+. The van der Waals surface area contributed by atoms with E-state index in [0.29, 0.717) is 0 Å². The Morgan fingerprint density at radius 1 is 1.00 bits per heavy atom. The highest BCUT2D eigenvalue weighted by Gasteiger charge is 2.24. The van der Waals surface area contributed by atoms with Crippen LogP contribution >= 0.6 is 0 Å². The van der Waals surface area contributed by atoms with Gasteiger partial charge < -0.3 is 5.32 Å². The van der Waals surface area contributed by atoms with Gasteiger partial charge in [-0.25, -0.2) is 0 Å². The first-order valence-corrected chi connectivity index (χ1v) is 7.74. The van der Waals surface area contributed by atoms with E-state index in [2.05, 4.69) is 24.1 Å². The molecule has 0 amide bonds. The lowest BCUT2D eigenvalue weighted by molar-refractivity contribution is 0.0988. The van der Waals surface area contributed by atoms with Crippen molar-refractivity contribution in [2.45, 2.75) is 70.9 Å². The number of hydrogen-bond donors (Lipinski definition) is 1. The first-order chi connectivity index (χ1) is 8.27. The quantitative estimate of drug-likeness (QED) is 0.810. The Balaban J connectivity index is 1.66. The van der Waals surface area contributed by atoms with Crippen molar-refractivity contribution in [2.75, 3.05) is 19.6 Å². The van der Waals surface area contributed by atoms with Crippen LogP contribution in [0.5, 0.6) is 0 Å². The van der Waals surface area contributed by atoms with Crippen LogP contribution in [0.4, 0.5) is 0 Å². The molecule has 2 heterocycles. The molecule has 2 nitrogen and oxygen atoms in total. The molecule has 2 saturated heterocycles. The third-order valence-corrected chi connectivity index (χ3v) is 4.86. The summed E-state index contributed by atoms with van der Waals surface area (Å²) in [6, 6.07) is 1.65. The summed E-state index contributed by atoms with van der Waals surface area (Å²) in [5.41, 5.74) is 0. The van der Waals surface area contributed by atoms with Crippen LogP contribution in [-0.2, 0) is 0 Å². The zero-order chi connectivity index (χ0) is 12.1. The van der Waals surface area contributed by atoms with Crippen LogP contribution in [0.15, 0.2) is 0 Å². The van der Waals surface area contributed by atoms with Gasteiger partial charge in [0.1, 0.15) is 0 Å². The second kappa shape index (κ2) is 6.75. The van der Waals surface area contributed by atoms with Gasteiger partial charge in [0.05, 0.1) is 0 Å². The van der Waals surface area contributed by atoms with Crippen LogP contribution in [0.2, 0.25) is 0 Å². The molecule has 2 heteroatoms. The molecular formula is C15H30N2. The van der Waals surface area contributed by atoms with Crippen molar-refractivity contribution in [2.24, 2.45) is 5.92 Å². The molecule has 2 aliphatic rings. The molecule has 2 fully saturated rings. The van der Waals surface area contributed by atoms with E-state index < -0.39 is 0 Å². The highest BCUT2D eigenvalue weighted by Crippen LogP contribution is 2.24. The van der Waals surface area contributed by atoms with E-state index in [1.54, 1.807) is 0 Å². The monoisotopic (exact) mass is 238 g/mol. The number of hydrogen-bond acceptors (Lipinski definition) is 2. The summed E-state index contributed by atoms with van der Waals surface area (Å²) in [7, 11) is 0. The largest absolute Gasteiger partial charge is 0.317 e. The molecule has 2 aliphatic heterocycles. The van der Waals surface area contributed by atoms with Crippen LogP contribution in [0.1, 0.15) is 58.8 Å². The normalized spacial score (nSPS) is 32.8. The van der Waals surface area contributed by atoms with Gasteiger partial charge in [-0.1, -0.05) is 6.42 Å². The maximum Gasteiger partial charge on any atom is 0.00697 e. The molecule has 0 spiro atoms. The zero-order valence-corrected chi connectivity index (χ0v) is 11.8. The van der Waals surface area contributed by atoms with Crippen LogP contribution < -0.4 is 5.32 Å². The van der Waals surface area contributed by atoms with Crippen molar-refractivity contribution in [1.82, 2.24) is 10.2 Å². The summed E-state index contributed by atoms with van der Waals surface area (Å²) in [6.45, 7) is 8.68. The van der Waals surface area contributed by atoms with Gasteiger partial charge in [0.2, 0.25) is 0 Å². The highest BCUT2D eigenvalue weighted by atomic mass is 15.2. The fourth-order valence-corrected chi connectivity index (χ4v) is 3.65. The van der Waals surface area contributed by atoms with Crippen LogP contribution in [0.25, 0.3) is 0 Å². The molecule has 0 aliphatic carbocycles. The molecule has 0 aromatic rings. The summed E-state index contributed by atoms with van der Waals surface area (Å²) in [6.07, 6.45) is 9.95. The van der Waals surface area contributed by atoms with Gasteiger partial charge in [0, 0.05) is 12.1 Å². The molecule has 0 aromatic heterocycles. The van der Waals surface area contributed by atoms with Gasteiger partial charge in [0.15, 0.2) is 0 Å². The summed E-state index contributed by atoms with van der Waals surface area (Å²) in [5.74, 6) is 1.01. The van der Waals surface area contributed by atoms with Gasteiger partial charge in [-0.2, -0.15) is 0 Å². The van der Waals surface area contributed by atoms with E-state index in [0.717, 1.165) is 18.0 Å². The maximum absolute atomic E-state index is 3.46. The minimum atomic E-state index is 0.826. The minimum Gasteiger partial charge on any atom is -0.317 e. The van der Waals surface area contributed by atoms with Crippen molar-refractivity contribution < 1.29 is 0 Å². The summed E-state index contributed by atoms with van der Waals surface area (Å²) in [5, 5.41) is 3.46. The molecule has 0 unspecified atom stereocenters. The van der Waals surface area contributed by atoms with Crippen molar-refractivity contribution in [1.29, 1.82) is 0 Å². The average molecular weight is 238 g/mol. The third-order valence-electron chi connectivity index (χ3n) is 4.86. The Labute approximate surface area is 107 Å². The lowest BCUT2D eigenvalue weighted by Crippen LogP contribution is -2.44. The molecule has 0 radical (unpaired) electrons. The van der Waals surface area contributed by atoms with Gasteiger partial charge in [-0.05, 0) is 77.9 Å². The number of nitrogens with one attached hydrogen (secondary N) is 1. The third kappa shape index (κ3) is 3.96. The summed E-state index contributed by atoms with van der Waals surface area (Å²) >= 11 is 0. The van der Waals surface area contributed by atoms with Gasteiger partial charge in [-0.15, -0.1) is 0 Å². The molecule has 17 heavy (non-hydrogen) atoms. The first kappa shape index (κ1) is 13.4. The Bertz CT molecular complexity index is 201. The topological polar surface area (TPSA) is 15.3 Å². The van der Waals surface area contributed by atoms with Gasteiger partial charge in [-0.3, -0.25) is 4.90 Å². The van der Waals surface area contributed by atoms with E-state index in [1.165, 1.54) is 64.6 Å². The fraction of sp³-hybridized carbons (Fsp3) is 1.00. The number of nitrogens with zero attached hydrogens (tertiary/aromatic N) is 1. The smallest absolute Gasteiger partial charge is 0.00697 e. The molecule has 2 atom stereocenters. The van der Waals surface area contributed by atoms with Gasteiger partial charge >= 0.3 is 0 Å². The van der Waals surface area contributed by atoms with E-state index in [-0.39, 0.29) is 0 Å². The van der Waals surface area contributed by atoms with Crippen molar-refractivity contribution >= 4 is 0 Å². The predicted octanol–water partition coefficient (Wildman–Crippen LogP) is 3.03. The Morgan fingerprint density at radius 3 is 2.29 bits per heavy atom. The predicted molar refractivity (Wildman–Crippen MR) is 74.3 cm³/mol. The second-order valence-electron chi connectivity index (χ2n) is 6.20. The molecule has 0 aromatic carbocycles. The maximum atomic E-state index is 3.46. The van der Waals surface area contributed by atoms with Crippen molar-refractivity contribution in [3.63, 3.8) is 0 Å². The molecular weight excluding hydrogens is 208 g/mol. The second-order valence-corrected chi connectivity index (χ2v) is 6.20. The summed E-state index contributed by atoms with van der Waals surface area (Å²) in [4.78, 5) is 2.75.